The highest BCUT2D eigenvalue weighted by molar-refractivity contribution is 7.26. The van der Waals surface area contributed by atoms with E-state index in [1.807, 2.05) is 12.1 Å². The summed E-state index contributed by atoms with van der Waals surface area (Å²) in [5.41, 5.74) is 8.58. The van der Waals surface area contributed by atoms with E-state index in [0.717, 1.165) is 44.3 Å². The van der Waals surface area contributed by atoms with Crippen LogP contribution in [0.2, 0.25) is 0 Å². The molecule has 5 nitrogen and oxygen atoms in total. The number of aryl methyl sites for hydroxylation is 2. The van der Waals surface area contributed by atoms with Crippen LogP contribution in [0.4, 0.5) is 0 Å². The molecule has 0 saturated heterocycles. The second kappa shape index (κ2) is 23.4. The van der Waals surface area contributed by atoms with Crippen molar-refractivity contribution in [3.05, 3.63) is 144 Å². The molecule has 0 bridgehead atoms. The maximum Gasteiger partial charge on any atom is 0.234 e. The van der Waals surface area contributed by atoms with Gasteiger partial charge < -0.3 is 9.13 Å². The number of rotatable bonds is 24. The largest absolute Gasteiger partial charge is 0.340 e. The van der Waals surface area contributed by atoms with E-state index < -0.39 is 0 Å². The highest BCUT2D eigenvalue weighted by Crippen LogP contribution is 2.44. The Balaban J connectivity index is 0.768. The minimum Gasteiger partial charge on any atom is -0.340 e. The molecule has 7 heterocycles. The number of benzene rings is 4. The Bertz CT molecular complexity index is 3450. The Hall–Kier alpha value is -5.49. The van der Waals surface area contributed by atoms with Crippen molar-refractivity contribution in [1.29, 1.82) is 0 Å². The zero-order chi connectivity index (χ0) is 49.5. The van der Waals surface area contributed by atoms with E-state index in [0.29, 0.717) is 11.4 Å². The number of para-hydroxylation sites is 2. The highest BCUT2D eigenvalue weighted by atomic mass is 32.1. The molecule has 0 fully saturated rings. The topological polar surface area (TPSA) is 52.7 Å². The molecular formula is C63H64N4OS5. The van der Waals surface area contributed by atoms with Gasteiger partial charge in [-0.1, -0.05) is 152 Å². The number of unbranched alkanes of at least 4 members (excludes halogenated alkanes) is 14. The third-order valence-electron chi connectivity index (χ3n) is 14.7. The van der Waals surface area contributed by atoms with Gasteiger partial charge in [0, 0.05) is 86.0 Å². The van der Waals surface area contributed by atoms with Crippen LogP contribution >= 0.6 is 57.1 Å². The van der Waals surface area contributed by atoms with Crippen LogP contribution in [-0.4, -0.2) is 17.9 Å². The quantitative estimate of drug-likeness (QED) is 0.0567. The van der Waals surface area contributed by atoms with E-state index in [2.05, 4.69) is 153 Å². The fraction of sp³-hybridized carbons (Fsp3) is 0.317. The van der Waals surface area contributed by atoms with Gasteiger partial charge in [-0.2, -0.15) is 8.75 Å². The van der Waals surface area contributed by atoms with Crippen LogP contribution < -0.4 is 5.43 Å². The fourth-order valence-electron chi connectivity index (χ4n) is 10.8. The van der Waals surface area contributed by atoms with Crippen molar-refractivity contribution in [1.82, 2.24) is 17.9 Å². The molecule has 7 aromatic heterocycles. The van der Waals surface area contributed by atoms with E-state index in [1.165, 1.54) is 177 Å². The van der Waals surface area contributed by atoms with Gasteiger partial charge in [0.1, 0.15) is 11.4 Å². The SMILES string of the molecule is CCCCCCCCCCn1c2ccccc2c2cc(-c3ccc(-c4ccc(-c5nsnc(-c6ccc(-c7ccc(-c8ccc9c(c8)c8ccccc8n9CCCCCCCCCC)s7)s6)c5=O)s4)s3)ccc21. The molecule has 0 atom stereocenters. The molecule has 0 radical (unpaired) electrons. The normalized spacial score (nSPS) is 11.9. The van der Waals surface area contributed by atoms with Gasteiger partial charge >= 0.3 is 0 Å². The minimum absolute atomic E-state index is 0.121. The van der Waals surface area contributed by atoms with Gasteiger partial charge in [-0.15, -0.1) is 45.3 Å². The summed E-state index contributed by atoms with van der Waals surface area (Å²) in [5.74, 6) is 0. The van der Waals surface area contributed by atoms with E-state index >= 15 is 0 Å². The van der Waals surface area contributed by atoms with Gasteiger partial charge in [0.15, 0.2) is 0 Å². The Morgan fingerprint density at radius 3 is 1.12 bits per heavy atom. The number of aromatic nitrogens is 4. The molecule has 372 valence electrons. The van der Waals surface area contributed by atoms with Gasteiger partial charge in [0.2, 0.25) is 5.43 Å². The molecule has 73 heavy (non-hydrogen) atoms. The summed E-state index contributed by atoms with van der Waals surface area (Å²) in [5, 5.41) is 5.29. The number of thiophene rings is 4. The second-order valence-corrected chi connectivity index (χ2v) is 24.6. The molecule has 0 aliphatic heterocycles. The van der Waals surface area contributed by atoms with Crippen molar-refractivity contribution in [2.24, 2.45) is 0 Å². The molecule has 0 unspecified atom stereocenters. The first-order chi connectivity index (χ1) is 36.1. The molecule has 0 aliphatic carbocycles. The number of hydrogen-bond acceptors (Lipinski definition) is 8. The smallest absolute Gasteiger partial charge is 0.234 e. The van der Waals surface area contributed by atoms with Crippen LogP contribution in [-0.2, 0) is 13.1 Å². The van der Waals surface area contributed by atoms with Gasteiger partial charge in [0.05, 0.1) is 21.5 Å². The summed E-state index contributed by atoms with van der Waals surface area (Å²) in [6.07, 6.45) is 21.2. The van der Waals surface area contributed by atoms with E-state index in [4.69, 9.17) is 0 Å². The van der Waals surface area contributed by atoms with Crippen LogP contribution in [0.25, 0.3) is 105 Å². The molecule has 0 aliphatic rings. The molecule has 10 heteroatoms. The lowest BCUT2D eigenvalue weighted by Crippen LogP contribution is -2.09. The number of nitrogens with zero attached hydrogens (tertiary/aromatic N) is 4. The summed E-state index contributed by atoms with van der Waals surface area (Å²) in [6, 6.07) is 49.1. The zero-order valence-electron chi connectivity index (χ0n) is 42.2. The van der Waals surface area contributed by atoms with E-state index in [1.54, 1.807) is 45.3 Å². The zero-order valence-corrected chi connectivity index (χ0v) is 46.3. The van der Waals surface area contributed by atoms with Crippen molar-refractivity contribution in [3.8, 4) is 61.5 Å². The average Bonchev–Trinajstić information content (AvgIpc) is 4.31. The first-order valence-corrected chi connectivity index (χ1v) is 30.9. The predicted molar refractivity (Wildman–Crippen MR) is 322 cm³/mol. The molecular weight excluding hydrogens is 989 g/mol. The first-order valence-electron chi connectivity index (χ1n) is 26.9. The Morgan fingerprint density at radius 1 is 0.356 bits per heavy atom. The van der Waals surface area contributed by atoms with Crippen LogP contribution in [0.1, 0.15) is 117 Å². The summed E-state index contributed by atoms with van der Waals surface area (Å²) in [7, 11) is 0. The molecule has 11 aromatic rings. The number of hydrogen-bond donors (Lipinski definition) is 0. The standard InChI is InChI=1S/C63H64N4OS5/c1-3-5-7-9-11-13-15-21-39-66-49-25-19-17-23-45(49)47-41-43(27-29-51(47)66)53-31-33-55(69-53)57-35-37-59(71-57)61-63(68)62(65-73-64-61)60-38-36-58(72-60)56-34-32-54(70-56)44-28-30-52-48(42-44)46-24-18-20-26-50(46)67(52)40-22-16-14-12-10-8-6-4-2/h17-20,23-38,41-42H,3-16,21-22,39-40H2,1-2H3. The van der Waals surface area contributed by atoms with E-state index in [9.17, 15) is 4.79 Å². The maximum atomic E-state index is 14.2. The molecule has 11 rings (SSSR count). The molecule has 0 N–H and O–H groups in total. The molecule has 0 spiro atoms. The maximum absolute atomic E-state index is 14.2. The fourth-order valence-corrected chi connectivity index (χ4v) is 15.6. The summed E-state index contributed by atoms with van der Waals surface area (Å²) in [4.78, 5) is 23.1. The molecule has 0 saturated carbocycles. The third-order valence-corrected chi connectivity index (χ3v) is 20.0. The molecule has 4 aromatic carbocycles. The van der Waals surface area contributed by atoms with Crippen LogP contribution in [0, 0.1) is 0 Å². The van der Waals surface area contributed by atoms with Crippen molar-refractivity contribution in [2.45, 2.75) is 130 Å². The first kappa shape index (κ1) is 49.7. The van der Waals surface area contributed by atoms with Crippen molar-refractivity contribution < 1.29 is 0 Å². The van der Waals surface area contributed by atoms with Crippen molar-refractivity contribution in [3.63, 3.8) is 0 Å². The van der Waals surface area contributed by atoms with Crippen LogP contribution in [0.3, 0.4) is 0 Å². The van der Waals surface area contributed by atoms with Crippen molar-refractivity contribution in [2.75, 3.05) is 0 Å². The van der Waals surface area contributed by atoms with Crippen LogP contribution in [0.5, 0.6) is 0 Å². The number of fused-ring (bicyclic) bond motifs is 6. The summed E-state index contributed by atoms with van der Waals surface area (Å²) in [6.45, 7) is 6.68. The summed E-state index contributed by atoms with van der Waals surface area (Å²) >= 11 is 7.98. The summed E-state index contributed by atoms with van der Waals surface area (Å²) < 4.78 is 14.3. The van der Waals surface area contributed by atoms with Gasteiger partial charge in [-0.3, -0.25) is 4.79 Å². The van der Waals surface area contributed by atoms with Crippen molar-refractivity contribution >= 4 is 101 Å². The lowest BCUT2D eigenvalue weighted by molar-refractivity contribution is 0.553. The lowest BCUT2D eigenvalue weighted by atomic mass is 10.1. The average molecular weight is 1050 g/mol. The van der Waals surface area contributed by atoms with Gasteiger partial charge in [0.25, 0.3) is 0 Å². The lowest BCUT2D eigenvalue weighted by Gasteiger charge is -2.08. The monoisotopic (exact) mass is 1050 g/mol. The minimum atomic E-state index is -0.121. The predicted octanol–water partition coefficient (Wildman–Crippen LogP) is 20.6. The third kappa shape index (κ3) is 10.7. The van der Waals surface area contributed by atoms with Crippen LogP contribution in [0.15, 0.2) is 138 Å². The Labute approximate surface area is 450 Å². The van der Waals surface area contributed by atoms with E-state index in [-0.39, 0.29) is 5.43 Å². The Kier molecular flexibility index (Phi) is 15.9. The Morgan fingerprint density at radius 2 is 0.699 bits per heavy atom. The second-order valence-electron chi connectivity index (χ2n) is 19.7. The van der Waals surface area contributed by atoms with Gasteiger partial charge in [-0.25, -0.2) is 0 Å². The highest BCUT2D eigenvalue weighted by Gasteiger charge is 2.20. The van der Waals surface area contributed by atoms with Gasteiger partial charge in [-0.05, 0) is 109 Å². The molecule has 0 amide bonds.